The lowest BCUT2D eigenvalue weighted by atomic mass is 10.0. The van der Waals surface area contributed by atoms with Crippen molar-refractivity contribution in [1.82, 2.24) is 0 Å². The zero-order valence-corrected chi connectivity index (χ0v) is 29.7. The molecular weight excluding hydrogens is 502 g/mol. The number of nitrogens with zero attached hydrogens (tertiary/aromatic N) is 1. The van der Waals surface area contributed by atoms with Gasteiger partial charge < -0.3 is 14.0 Å². The number of unbranched alkanes of at least 4 members (excludes halogenated alkanes) is 24. The first kappa shape index (κ1) is 40.9. The summed E-state index contributed by atoms with van der Waals surface area (Å²) in [7, 11) is 4.91. The van der Waals surface area contributed by atoms with E-state index in [2.05, 4.69) is 41.8 Å². The fourth-order valence-corrected chi connectivity index (χ4v) is 6.40. The van der Waals surface area contributed by atoms with Gasteiger partial charge in [0.1, 0.15) is 0 Å². The molecule has 0 unspecified atom stereocenters. The van der Waals surface area contributed by atoms with Crippen LogP contribution >= 0.6 is 0 Å². The van der Waals surface area contributed by atoms with Crippen LogP contribution in [0.5, 0.6) is 0 Å². The van der Waals surface area contributed by atoms with Gasteiger partial charge in [-0.2, -0.15) is 0 Å². The molecule has 0 fully saturated rings. The van der Waals surface area contributed by atoms with E-state index in [-0.39, 0.29) is 5.79 Å². The highest BCUT2D eigenvalue weighted by molar-refractivity contribution is 4.63. The molecule has 0 saturated heterocycles. The smallest absolute Gasteiger partial charge is 0.165 e. The summed E-state index contributed by atoms with van der Waals surface area (Å²) in [5, 5.41) is 0. The van der Waals surface area contributed by atoms with E-state index < -0.39 is 0 Å². The first-order chi connectivity index (χ1) is 19.9. The van der Waals surface area contributed by atoms with Crippen LogP contribution in [0, 0.1) is 0 Å². The summed E-state index contributed by atoms with van der Waals surface area (Å²) in [6.45, 7) is 12.7. The molecule has 0 radical (unpaired) electrons. The molecule has 0 amide bonds. The lowest BCUT2D eigenvalue weighted by Crippen LogP contribution is -2.41. The summed E-state index contributed by atoms with van der Waals surface area (Å²) in [5.41, 5.74) is 0. The second-order valence-electron chi connectivity index (χ2n) is 14.0. The van der Waals surface area contributed by atoms with Gasteiger partial charge in [0.05, 0.1) is 27.2 Å². The summed E-state index contributed by atoms with van der Waals surface area (Å²) in [6, 6.07) is 0. The predicted octanol–water partition coefficient (Wildman–Crippen LogP) is 12.4. The fraction of sp³-hybridized carbons (Fsp3) is 1.00. The Labute approximate surface area is 260 Å². The highest BCUT2D eigenvalue weighted by Crippen LogP contribution is 2.22. The topological polar surface area (TPSA) is 18.5 Å². The Morgan fingerprint density at radius 3 is 0.951 bits per heavy atom. The van der Waals surface area contributed by atoms with Gasteiger partial charge in [0, 0.05) is 19.6 Å². The molecular formula is C38H80NO2+. The van der Waals surface area contributed by atoms with Crippen molar-refractivity contribution in [1.29, 1.82) is 0 Å². The molecule has 0 aromatic carbocycles. The van der Waals surface area contributed by atoms with Gasteiger partial charge >= 0.3 is 0 Å². The molecule has 0 spiro atoms. The molecule has 41 heavy (non-hydrogen) atoms. The molecule has 0 atom stereocenters. The SMILES string of the molecule is CCCCCCCCCCCCCCCCCC[N+](C)(C)CCCCCCCCCCCCC(C)(OCC)OCC. The van der Waals surface area contributed by atoms with Crippen molar-refractivity contribution in [3.05, 3.63) is 0 Å². The number of ether oxygens (including phenoxy) is 2. The van der Waals surface area contributed by atoms with Crippen molar-refractivity contribution in [2.75, 3.05) is 40.4 Å². The molecule has 0 aromatic heterocycles. The maximum atomic E-state index is 5.82. The van der Waals surface area contributed by atoms with Gasteiger partial charge in [-0.15, -0.1) is 0 Å². The van der Waals surface area contributed by atoms with Crippen molar-refractivity contribution in [3.63, 3.8) is 0 Å². The molecule has 0 rings (SSSR count). The van der Waals surface area contributed by atoms with E-state index in [1.807, 2.05) is 0 Å². The van der Waals surface area contributed by atoms with Crippen LogP contribution in [0.25, 0.3) is 0 Å². The highest BCUT2D eigenvalue weighted by Gasteiger charge is 2.23. The summed E-state index contributed by atoms with van der Waals surface area (Å²) >= 11 is 0. The minimum atomic E-state index is -0.373. The molecule has 0 heterocycles. The third-order valence-electron chi connectivity index (χ3n) is 9.16. The molecule has 3 heteroatoms. The van der Waals surface area contributed by atoms with Crippen LogP contribution in [0.4, 0.5) is 0 Å². The quantitative estimate of drug-likeness (QED) is 0.0427. The lowest BCUT2D eigenvalue weighted by Gasteiger charge is -2.30. The van der Waals surface area contributed by atoms with Crippen molar-refractivity contribution >= 4 is 0 Å². The van der Waals surface area contributed by atoms with E-state index in [9.17, 15) is 0 Å². The van der Waals surface area contributed by atoms with E-state index in [0.29, 0.717) is 0 Å². The van der Waals surface area contributed by atoms with Crippen LogP contribution in [0.3, 0.4) is 0 Å². The average Bonchev–Trinajstić information content (AvgIpc) is 2.93. The van der Waals surface area contributed by atoms with Gasteiger partial charge in [-0.1, -0.05) is 142 Å². The summed E-state index contributed by atoms with van der Waals surface area (Å²) in [4.78, 5) is 0. The summed E-state index contributed by atoms with van der Waals surface area (Å²) in [5.74, 6) is -0.373. The van der Waals surface area contributed by atoms with E-state index in [1.54, 1.807) is 0 Å². The van der Waals surface area contributed by atoms with Gasteiger partial charge in [-0.05, 0) is 52.9 Å². The molecule has 0 aromatic rings. The van der Waals surface area contributed by atoms with Gasteiger partial charge in [0.2, 0.25) is 0 Å². The van der Waals surface area contributed by atoms with Crippen LogP contribution in [-0.2, 0) is 9.47 Å². The summed E-state index contributed by atoms with van der Waals surface area (Å²) < 4.78 is 12.9. The van der Waals surface area contributed by atoms with E-state index >= 15 is 0 Å². The van der Waals surface area contributed by atoms with Gasteiger partial charge in [-0.3, -0.25) is 0 Å². The van der Waals surface area contributed by atoms with Gasteiger partial charge in [-0.25, -0.2) is 0 Å². The maximum absolute atomic E-state index is 5.82. The Hall–Kier alpha value is -0.120. The third kappa shape index (κ3) is 29.7. The minimum absolute atomic E-state index is 0.373. The monoisotopic (exact) mass is 583 g/mol. The van der Waals surface area contributed by atoms with Crippen molar-refractivity contribution in [2.24, 2.45) is 0 Å². The second kappa shape index (κ2) is 29.9. The van der Waals surface area contributed by atoms with Crippen molar-refractivity contribution in [2.45, 2.75) is 207 Å². The standard InChI is InChI=1S/C38H80NO2/c1-7-10-11-12-13-14-15-16-17-18-19-21-24-27-30-33-36-39(5,6)37-34-31-28-25-22-20-23-26-29-32-35-38(4,40-8-2)41-9-3/h7-37H2,1-6H3/q+1. The number of rotatable bonds is 34. The fourth-order valence-electron chi connectivity index (χ4n) is 6.40. The molecule has 0 aliphatic rings. The summed E-state index contributed by atoms with van der Waals surface area (Å²) in [6.07, 6.45) is 38.1. The second-order valence-corrected chi connectivity index (χ2v) is 14.0. The molecule has 0 bridgehead atoms. The molecule has 0 N–H and O–H groups in total. The molecule has 248 valence electrons. The third-order valence-corrected chi connectivity index (χ3v) is 9.16. The maximum Gasteiger partial charge on any atom is 0.165 e. The van der Waals surface area contributed by atoms with E-state index in [0.717, 1.165) is 19.6 Å². The zero-order valence-electron chi connectivity index (χ0n) is 29.7. The van der Waals surface area contributed by atoms with Gasteiger partial charge in [0.25, 0.3) is 0 Å². The largest absolute Gasteiger partial charge is 0.351 e. The zero-order chi connectivity index (χ0) is 30.3. The van der Waals surface area contributed by atoms with Crippen LogP contribution in [-0.4, -0.2) is 50.7 Å². The normalized spacial score (nSPS) is 12.4. The van der Waals surface area contributed by atoms with Crippen LogP contribution in [0.2, 0.25) is 0 Å². The Morgan fingerprint density at radius 2 is 0.659 bits per heavy atom. The van der Waals surface area contributed by atoms with Crippen molar-refractivity contribution in [3.8, 4) is 0 Å². The first-order valence-electron chi connectivity index (χ1n) is 19.0. The first-order valence-corrected chi connectivity index (χ1v) is 19.0. The lowest BCUT2D eigenvalue weighted by molar-refractivity contribution is -0.890. The average molecular weight is 583 g/mol. The number of hydrogen-bond donors (Lipinski definition) is 0. The highest BCUT2D eigenvalue weighted by atomic mass is 16.7. The predicted molar refractivity (Wildman–Crippen MR) is 184 cm³/mol. The Kier molecular flexibility index (Phi) is 29.8. The van der Waals surface area contributed by atoms with Crippen LogP contribution in [0.15, 0.2) is 0 Å². The number of hydrogen-bond acceptors (Lipinski definition) is 2. The van der Waals surface area contributed by atoms with Crippen LogP contribution in [0.1, 0.15) is 201 Å². The van der Waals surface area contributed by atoms with Gasteiger partial charge in [0.15, 0.2) is 5.79 Å². The van der Waals surface area contributed by atoms with Crippen LogP contribution < -0.4 is 0 Å². The Morgan fingerprint density at radius 1 is 0.390 bits per heavy atom. The molecule has 0 aliphatic carbocycles. The van der Waals surface area contributed by atoms with Crippen molar-refractivity contribution < 1.29 is 14.0 Å². The van der Waals surface area contributed by atoms with E-state index in [4.69, 9.17) is 9.47 Å². The molecule has 3 nitrogen and oxygen atoms in total. The molecule has 0 saturated carbocycles. The van der Waals surface area contributed by atoms with E-state index in [1.165, 1.54) is 185 Å². The Bertz CT molecular complexity index is 501. The Balaban J connectivity index is 3.40. The number of quaternary nitrogens is 1. The molecule has 0 aliphatic heterocycles. The minimum Gasteiger partial charge on any atom is -0.351 e.